The Bertz CT molecular complexity index is 753. The minimum Gasteiger partial charge on any atom is -0.460 e. The van der Waals surface area contributed by atoms with Crippen LogP contribution in [0.4, 0.5) is 5.69 Å². The average molecular weight is 328 g/mol. The number of ether oxygens (including phenoxy) is 1. The molecule has 6 nitrogen and oxygen atoms in total. The fourth-order valence-corrected chi connectivity index (χ4v) is 2.44. The topological polar surface area (TPSA) is 93.2 Å². The van der Waals surface area contributed by atoms with Crippen LogP contribution in [0.15, 0.2) is 53.4 Å². The monoisotopic (exact) mass is 328 g/mol. The van der Waals surface area contributed by atoms with Crippen LogP contribution in [-0.4, -0.2) is 16.6 Å². The van der Waals surface area contributed by atoms with Crippen molar-refractivity contribution in [2.24, 2.45) is 0 Å². The third kappa shape index (κ3) is 5.13. The molecule has 2 aromatic carbocycles. The number of nitro benzene ring substituents is 1. The van der Waals surface area contributed by atoms with Gasteiger partial charge in [-0.25, -0.2) is 0 Å². The summed E-state index contributed by atoms with van der Waals surface area (Å²) in [6, 6.07) is 14.8. The normalized spacial score (nSPS) is 9.87. The molecule has 23 heavy (non-hydrogen) atoms. The van der Waals surface area contributed by atoms with Crippen molar-refractivity contribution >= 4 is 23.4 Å². The molecular weight excluding hydrogens is 316 g/mol. The number of non-ortho nitro benzene ring substituents is 1. The zero-order valence-electron chi connectivity index (χ0n) is 12.0. The molecule has 0 saturated heterocycles. The van der Waals surface area contributed by atoms with Gasteiger partial charge in [0.1, 0.15) is 6.61 Å². The molecule has 0 aliphatic carbocycles. The van der Waals surface area contributed by atoms with Crippen LogP contribution in [0, 0.1) is 21.4 Å². The van der Waals surface area contributed by atoms with Gasteiger partial charge in [-0.1, -0.05) is 12.1 Å². The summed E-state index contributed by atoms with van der Waals surface area (Å²) in [6.07, 6.45) is 0. The Balaban J connectivity index is 1.80. The van der Waals surface area contributed by atoms with E-state index in [-0.39, 0.29) is 18.0 Å². The summed E-state index contributed by atoms with van der Waals surface area (Å²) < 4.78 is 5.13. The maximum absolute atomic E-state index is 11.7. The highest BCUT2D eigenvalue weighted by molar-refractivity contribution is 8.00. The van der Waals surface area contributed by atoms with Crippen molar-refractivity contribution in [2.45, 2.75) is 11.5 Å². The minimum atomic E-state index is -0.474. The molecule has 116 valence electrons. The van der Waals surface area contributed by atoms with Gasteiger partial charge < -0.3 is 4.74 Å². The van der Waals surface area contributed by atoms with Gasteiger partial charge in [-0.15, -0.1) is 11.8 Å². The van der Waals surface area contributed by atoms with E-state index in [2.05, 4.69) is 0 Å². The van der Waals surface area contributed by atoms with Crippen LogP contribution in [0.3, 0.4) is 0 Å². The molecule has 0 saturated carbocycles. The number of benzene rings is 2. The summed E-state index contributed by atoms with van der Waals surface area (Å²) in [5.74, 6) is -0.286. The molecule has 0 amide bonds. The van der Waals surface area contributed by atoms with Gasteiger partial charge in [-0.05, 0) is 29.8 Å². The third-order valence-corrected chi connectivity index (χ3v) is 3.85. The highest BCUT2D eigenvalue weighted by atomic mass is 32.2. The summed E-state index contributed by atoms with van der Waals surface area (Å²) in [4.78, 5) is 22.5. The number of esters is 1. The first-order valence-corrected chi connectivity index (χ1v) is 7.59. The van der Waals surface area contributed by atoms with E-state index >= 15 is 0 Å². The van der Waals surface area contributed by atoms with Gasteiger partial charge in [0.05, 0.1) is 22.3 Å². The number of nitro groups is 1. The maximum Gasteiger partial charge on any atom is 0.316 e. The first-order chi connectivity index (χ1) is 11.1. The van der Waals surface area contributed by atoms with E-state index in [0.29, 0.717) is 5.56 Å². The number of carbonyl (C=O) groups excluding carboxylic acids is 1. The number of hydrogen-bond acceptors (Lipinski definition) is 6. The molecule has 2 rings (SSSR count). The summed E-state index contributed by atoms with van der Waals surface area (Å²) >= 11 is 1.24. The Morgan fingerprint density at radius 2 is 2.00 bits per heavy atom. The maximum atomic E-state index is 11.7. The molecular formula is C16H12N2O4S. The summed E-state index contributed by atoms with van der Waals surface area (Å²) in [5.41, 5.74) is 1.27. The summed E-state index contributed by atoms with van der Waals surface area (Å²) in [6.45, 7) is 0.106. The lowest BCUT2D eigenvalue weighted by Crippen LogP contribution is -2.07. The van der Waals surface area contributed by atoms with Crippen LogP contribution in [0.5, 0.6) is 0 Å². The molecule has 0 aliphatic rings. The molecule has 7 heteroatoms. The Kier molecular flexibility index (Phi) is 5.72. The second-order valence-electron chi connectivity index (χ2n) is 4.51. The molecule has 0 unspecified atom stereocenters. The number of hydrogen-bond donors (Lipinski definition) is 0. The van der Waals surface area contributed by atoms with Gasteiger partial charge in [0.25, 0.3) is 5.69 Å². The lowest BCUT2D eigenvalue weighted by Gasteiger charge is -2.05. The Hall–Kier alpha value is -2.85. The van der Waals surface area contributed by atoms with Crippen LogP contribution in [0.25, 0.3) is 0 Å². The Morgan fingerprint density at radius 1 is 1.26 bits per heavy atom. The second-order valence-corrected chi connectivity index (χ2v) is 5.56. The smallest absolute Gasteiger partial charge is 0.316 e. The zero-order valence-corrected chi connectivity index (χ0v) is 12.8. The molecule has 0 N–H and O–H groups in total. The van der Waals surface area contributed by atoms with Gasteiger partial charge in [0, 0.05) is 17.0 Å². The molecule has 2 aromatic rings. The van der Waals surface area contributed by atoms with E-state index in [9.17, 15) is 14.9 Å². The quantitative estimate of drug-likeness (QED) is 0.349. The van der Waals surface area contributed by atoms with Gasteiger partial charge in [-0.2, -0.15) is 5.26 Å². The van der Waals surface area contributed by atoms with Crippen molar-refractivity contribution in [3.63, 3.8) is 0 Å². The van der Waals surface area contributed by atoms with Gasteiger partial charge in [-0.3, -0.25) is 14.9 Å². The first kappa shape index (κ1) is 16.5. The van der Waals surface area contributed by atoms with Crippen molar-refractivity contribution in [2.75, 3.05) is 5.75 Å². The summed E-state index contributed by atoms with van der Waals surface area (Å²) in [5, 5.41) is 19.3. The third-order valence-electron chi connectivity index (χ3n) is 2.86. The lowest BCUT2D eigenvalue weighted by atomic mass is 10.1. The predicted molar refractivity (Wildman–Crippen MR) is 84.8 cm³/mol. The first-order valence-electron chi connectivity index (χ1n) is 6.60. The molecule has 0 atom stereocenters. The molecule has 0 bridgehead atoms. The Morgan fingerprint density at radius 3 is 2.65 bits per heavy atom. The fraction of sp³-hybridized carbons (Fsp3) is 0.125. The average Bonchev–Trinajstić information content (AvgIpc) is 2.58. The van der Waals surface area contributed by atoms with E-state index in [4.69, 9.17) is 10.00 Å². The lowest BCUT2D eigenvalue weighted by molar-refractivity contribution is -0.384. The summed E-state index contributed by atoms with van der Waals surface area (Å²) in [7, 11) is 0. The molecule has 0 heterocycles. The number of rotatable bonds is 6. The van der Waals surface area contributed by atoms with Gasteiger partial charge >= 0.3 is 5.97 Å². The molecule has 0 spiro atoms. The molecule has 0 aromatic heterocycles. The number of thioether (sulfide) groups is 1. The van der Waals surface area contributed by atoms with Crippen LogP contribution in [0.1, 0.15) is 11.1 Å². The number of nitriles is 1. The van der Waals surface area contributed by atoms with Crippen molar-refractivity contribution in [3.05, 3.63) is 69.8 Å². The van der Waals surface area contributed by atoms with Crippen LogP contribution < -0.4 is 0 Å². The second kappa shape index (κ2) is 7.96. The van der Waals surface area contributed by atoms with E-state index in [0.717, 1.165) is 10.5 Å². The highest BCUT2D eigenvalue weighted by Crippen LogP contribution is 2.21. The van der Waals surface area contributed by atoms with Crippen LogP contribution >= 0.6 is 11.8 Å². The van der Waals surface area contributed by atoms with Crippen molar-refractivity contribution in [1.82, 2.24) is 0 Å². The Labute approximate surface area is 136 Å². The SMILES string of the molecule is N#Cc1cccc(COC(=O)CSc2ccc([N+](=O)[O-])cc2)c1. The predicted octanol–water partition coefficient (Wildman–Crippen LogP) is 3.30. The largest absolute Gasteiger partial charge is 0.460 e. The van der Waals surface area contributed by atoms with Gasteiger partial charge in [0.2, 0.25) is 0 Å². The van der Waals surface area contributed by atoms with Crippen molar-refractivity contribution in [3.8, 4) is 6.07 Å². The van der Waals surface area contributed by atoms with E-state index in [1.54, 1.807) is 36.4 Å². The number of nitrogens with zero attached hydrogens (tertiary/aromatic N) is 2. The van der Waals surface area contributed by atoms with Crippen LogP contribution in [-0.2, 0) is 16.1 Å². The highest BCUT2D eigenvalue weighted by Gasteiger charge is 2.08. The molecule has 0 radical (unpaired) electrons. The fourth-order valence-electron chi connectivity index (χ4n) is 1.74. The number of carbonyl (C=O) groups is 1. The van der Waals surface area contributed by atoms with E-state index in [1.165, 1.54) is 23.9 Å². The van der Waals surface area contributed by atoms with Crippen LogP contribution in [0.2, 0.25) is 0 Å². The van der Waals surface area contributed by atoms with Gasteiger partial charge in [0.15, 0.2) is 0 Å². The standard InChI is InChI=1S/C16H12N2O4S/c17-9-12-2-1-3-13(8-12)10-22-16(19)11-23-15-6-4-14(5-7-15)18(20)21/h1-8H,10-11H2. The van der Waals surface area contributed by atoms with E-state index < -0.39 is 10.9 Å². The zero-order chi connectivity index (χ0) is 16.7. The minimum absolute atomic E-state index is 0.00861. The molecule has 0 fully saturated rings. The molecule has 0 aliphatic heterocycles. The van der Waals surface area contributed by atoms with Crippen molar-refractivity contribution < 1.29 is 14.5 Å². The van der Waals surface area contributed by atoms with E-state index in [1.807, 2.05) is 6.07 Å². The van der Waals surface area contributed by atoms with Crippen molar-refractivity contribution in [1.29, 1.82) is 5.26 Å².